The van der Waals surface area contributed by atoms with Crippen molar-refractivity contribution in [1.29, 1.82) is 0 Å². The summed E-state index contributed by atoms with van der Waals surface area (Å²) in [5, 5.41) is 44.8. The van der Waals surface area contributed by atoms with Crippen LogP contribution in [0.1, 0.15) is 48.4 Å². The van der Waals surface area contributed by atoms with Crippen molar-refractivity contribution in [2.45, 2.75) is 57.0 Å². The summed E-state index contributed by atoms with van der Waals surface area (Å²) in [5.41, 5.74) is -1.16. The molecule has 6 N–H and O–H groups in total. The van der Waals surface area contributed by atoms with Crippen molar-refractivity contribution in [3.05, 3.63) is 45.2 Å². The fourth-order valence-electron chi connectivity index (χ4n) is 7.07. The van der Waals surface area contributed by atoms with Crippen LogP contribution >= 0.6 is 0 Å². The molecule has 4 atom stereocenters. The highest BCUT2D eigenvalue weighted by Gasteiger charge is 2.64. The Labute approximate surface area is 239 Å². The first-order valence-electron chi connectivity index (χ1n) is 13.9. The number of carbonyl (C=O) groups is 3. The van der Waals surface area contributed by atoms with Crippen molar-refractivity contribution in [3.63, 3.8) is 0 Å². The zero-order valence-electron chi connectivity index (χ0n) is 23.5. The Morgan fingerprint density at radius 3 is 2.33 bits per heavy atom. The van der Waals surface area contributed by atoms with Crippen LogP contribution in [0.3, 0.4) is 0 Å². The van der Waals surface area contributed by atoms with Gasteiger partial charge in [-0.25, -0.2) is 0 Å². The van der Waals surface area contributed by atoms with E-state index in [-0.39, 0.29) is 24.1 Å². The minimum absolute atomic E-state index is 0.0856. The number of aliphatic hydroxyl groups excluding tert-OH is 2. The lowest BCUT2D eigenvalue weighted by molar-refractivity contribution is -0.153. The average molecular weight is 594 g/mol. The summed E-state index contributed by atoms with van der Waals surface area (Å²) in [4.78, 5) is 42.4. The van der Waals surface area contributed by atoms with Gasteiger partial charge in [0, 0.05) is 24.6 Å². The van der Waals surface area contributed by atoms with E-state index < -0.39 is 93.1 Å². The van der Waals surface area contributed by atoms with Crippen molar-refractivity contribution < 1.29 is 48.0 Å². The van der Waals surface area contributed by atoms with Gasteiger partial charge in [0.15, 0.2) is 11.4 Å². The van der Waals surface area contributed by atoms with E-state index in [1.807, 2.05) is 11.8 Å². The van der Waals surface area contributed by atoms with E-state index in [2.05, 4.69) is 0 Å². The quantitative estimate of drug-likeness (QED) is 0.298. The molecule has 228 valence electrons. The van der Waals surface area contributed by atoms with Gasteiger partial charge in [0.2, 0.25) is 5.78 Å². The minimum atomic E-state index is -4.87. The lowest BCUT2D eigenvalue weighted by Crippen LogP contribution is -2.65. The van der Waals surface area contributed by atoms with Gasteiger partial charge in [-0.15, -0.1) is 0 Å². The number of nitrogens with zero attached hydrogens (tertiary/aromatic N) is 2. The Kier molecular flexibility index (Phi) is 7.22. The molecule has 1 amide bonds. The molecule has 2 fully saturated rings. The fraction of sp³-hybridized carbons (Fsp3) is 0.552. The van der Waals surface area contributed by atoms with E-state index in [0.29, 0.717) is 19.0 Å². The maximum Gasteiger partial charge on any atom is 0.417 e. The van der Waals surface area contributed by atoms with Gasteiger partial charge in [0.1, 0.15) is 22.8 Å². The highest BCUT2D eigenvalue weighted by molar-refractivity contribution is 6.24. The van der Waals surface area contributed by atoms with E-state index in [4.69, 9.17) is 5.73 Å². The fourth-order valence-corrected chi connectivity index (χ4v) is 7.07. The normalized spacial score (nSPS) is 27.9. The molecule has 4 aliphatic rings. The second-order valence-electron chi connectivity index (χ2n) is 12.0. The molecule has 5 rings (SSSR count). The summed E-state index contributed by atoms with van der Waals surface area (Å²) in [6.45, 7) is 2.85. The van der Waals surface area contributed by atoms with Crippen LogP contribution in [0.4, 0.5) is 13.2 Å². The standard InChI is InChI=1S/C29H34F3N3O7/c1-4-35(10-12-5-6-12)11-14-9-17(36)19-15(21(14)29(30,31)32)7-13-8-16-22(34(2)3)24(38)20(27(33)41)26(40)28(16,42)25(39)18(13)23(19)37/h9,12-13,16,22,36-37,40,42H,4-8,10-11H2,1-3H3,(H2,33,41)/t13-,16-,22-,28-/m0/s1. The number of hydrogen-bond acceptors (Lipinski definition) is 9. The first-order valence-corrected chi connectivity index (χ1v) is 13.9. The molecule has 10 nitrogen and oxygen atoms in total. The molecule has 0 heterocycles. The molecule has 0 bridgehead atoms. The van der Waals surface area contributed by atoms with Gasteiger partial charge in [0.25, 0.3) is 5.91 Å². The zero-order chi connectivity index (χ0) is 31.0. The predicted octanol–water partition coefficient (Wildman–Crippen LogP) is 2.21. The molecular weight excluding hydrogens is 559 g/mol. The van der Waals surface area contributed by atoms with Gasteiger partial charge in [-0.2, -0.15) is 13.2 Å². The summed E-state index contributed by atoms with van der Waals surface area (Å²) in [7, 11) is 2.89. The number of aliphatic hydroxyl groups is 3. The second-order valence-corrected chi connectivity index (χ2v) is 12.0. The van der Waals surface area contributed by atoms with E-state index in [9.17, 15) is 48.0 Å². The Hall–Kier alpha value is -3.42. The Balaban J connectivity index is 1.69. The number of fused-ring (bicyclic) bond motifs is 3. The number of primary amides is 1. The van der Waals surface area contributed by atoms with Gasteiger partial charge < -0.3 is 26.2 Å². The number of Topliss-reactive ketones (excluding diaryl/α,β-unsaturated/α-hetero) is 2. The number of nitrogens with two attached hydrogens (primary N) is 1. The Morgan fingerprint density at radius 2 is 1.81 bits per heavy atom. The van der Waals surface area contributed by atoms with Crippen LogP contribution in [-0.4, -0.2) is 86.5 Å². The maximum atomic E-state index is 14.7. The number of amides is 1. The van der Waals surface area contributed by atoms with Crippen molar-refractivity contribution in [1.82, 2.24) is 9.80 Å². The highest BCUT2D eigenvalue weighted by Crippen LogP contribution is 2.54. The number of phenolic OH excluding ortho intramolecular Hbond substituents is 1. The number of phenols is 1. The summed E-state index contributed by atoms with van der Waals surface area (Å²) in [5.74, 6) is -8.53. The molecular formula is C29H34F3N3O7. The Morgan fingerprint density at radius 1 is 1.17 bits per heavy atom. The molecule has 0 spiro atoms. The molecule has 0 aromatic heterocycles. The second kappa shape index (κ2) is 10.1. The van der Waals surface area contributed by atoms with Crippen LogP contribution in [0, 0.1) is 17.8 Å². The van der Waals surface area contributed by atoms with Crippen molar-refractivity contribution in [3.8, 4) is 5.75 Å². The third-order valence-electron chi connectivity index (χ3n) is 9.14. The SMILES string of the molecule is CCN(Cc1cc(O)c2c(c1C(F)(F)F)C[C@H]1C[C@H]3[C@H](N(C)C)C(=O)C(C(N)=O)=C(O)[C@@]3(O)C(=O)C1=C2O)CC1CC1. The summed E-state index contributed by atoms with van der Waals surface area (Å²) >= 11 is 0. The molecule has 2 saturated carbocycles. The van der Waals surface area contributed by atoms with Crippen molar-refractivity contribution >= 4 is 23.2 Å². The van der Waals surface area contributed by atoms with Gasteiger partial charge in [-0.05, 0) is 75.4 Å². The van der Waals surface area contributed by atoms with Crippen LogP contribution < -0.4 is 5.73 Å². The van der Waals surface area contributed by atoms with Gasteiger partial charge in [-0.1, -0.05) is 6.92 Å². The third kappa shape index (κ3) is 4.49. The molecule has 0 saturated heterocycles. The van der Waals surface area contributed by atoms with Gasteiger partial charge in [-0.3, -0.25) is 24.2 Å². The molecule has 1 aromatic carbocycles. The van der Waals surface area contributed by atoms with Crippen LogP contribution in [0.5, 0.6) is 5.75 Å². The van der Waals surface area contributed by atoms with E-state index in [1.165, 1.54) is 19.0 Å². The topological polar surface area (TPSA) is 165 Å². The van der Waals surface area contributed by atoms with Crippen LogP contribution in [-0.2, 0) is 33.5 Å². The van der Waals surface area contributed by atoms with E-state index >= 15 is 0 Å². The molecule has 1 aromatic rings. The Bertz CT molecular complexity index is 1450. The number of benzene rings is 1. The lowest BCUT2D eigenvalue weighted by atomic mass is 9.57. The molecule has 0 aliphatic heterocycles. The number of rotatable bonds is 7. The molecule has 0 unspecified atom stereocenters. The number of aromatic hydroxyl groups is 1. The molecule has 13 heteroatoms. The number of hydrogen-bond donors (Lipinski definition) is 5. The van der Waals surface area contributed by atoms with Crippen molar-refractivity contribution in [2.24, 2.45) is 23.5 Å². The number of halogens is 3. The van der Waals surface area contributed by atoms with E-state index in [1.54, 1.807) is 0 Å². The predicted molar refractivity (Wildman–Crippen MR) is 143 cm³/mol. The zero-order valence-corrected chi connectivity index (χ0v) is 23.5. The van der Waals surface area contributed by atoms with Crippen molar-refractivity contribution in [2.75, 3.05) is 27.2 Å². The minimum Gasteiger partial charge on any atom is -0.508 e. The van der Waals surface area contributed by atoms with E-state index in [0.717, 1.165) is 18.9 Å². The average Bonchev–Trinajstić information content (AvgIpc) is 3.68. The van der Waals surface area contributed by atoms with Crippen LogP contribution in [0.15, 0.2) is 23.0 Å². The first-order chi connectivity index (χ1) is 19.5. The largest absolute Gasteiger partial charge is 0.508 e. The number of ketones is 2. The summed E-state index contributed by atoms with van der Waals surface area (Å²) in [6, 6.07) is -0.381. The monoisotopic (exact) mass is 593 g/mol. The smallest absolute Gasteiger partial charge is 0.417 e. The first kappa shape index (κ1) is 30.1. The maximum absolute atomic E-state index is 14.7. The van der Waals surface area contributed by atoms with Crippen LogP contribution in [0.25, 0.3) is 5.76 Å². The number of carbonyl (C=O) groups excluding carboxylic acids is 3. The number of alkyl halides is 3. The highest BCUT2D eigenvalue weighted by atomic mass is 19.4. The summed E-state index contributed by atoms with van der Waals surface area (Å²) in [6.07, 6.45) is -3.58. The molecule has 42 heavy (non-hydrogen) atoms. The van der Waals surface area contributed by atoms with Gasteiger partial charge >= 0.3 is 6.18 Å². The third-order valence-corrected chi connectivity index (χ3v) is 9.14. The number of likely N-dealkylation sites (N-methyl/N-ethyl adjacent to an activating group) is 1. The van der Waals surface area contributed by atoms with Gasteiger partial charge in [0.05, 0.1) is 17.2 Å². The lowest BCUT2D eigenvalue weighted by Gasteiger charge is -2.50. The molecule has 4 aliphatic carbocycles. The van der Waals surface area contributed by atoms with Crippen LogP contribution in [0.2, 0.25) is 0 Å². The molecule has 0 radical (unpaired) electrons. The summed E-state index contributed by atoms with van der Waals surface area (Å²) < 4.78 is 44.1.